The van der Waals surface area contributed by atoms with Crippen LogP contribution in [-0.4, -0.2) is 36.5 Å². The molecular formula is C25H18N2O5S2. The van der Waals surface area contributed by atoms with E-state index in [0.29, 0.717) is 21.3 Å². The summed E-state index contributed by atoms with van der Waals surface area (Å²) in [5.74, 6) is -1.89. The molecule has 5 rings (SSSR count). The molecule has 1 aliphatic heterocycles. The summed E-state index contributed by atoms with van der Waals surface area (Å²) < 4.78 is 24.5. The van der Waals surface area contributed by atoms with Crippen LogP contribution >= 0.6 is 11.3 Å². The van der Waals surface area contributed by atoms with E-state index in [-0.39, 0.29) is 21.4 Å². The van der Waals surface area contributed by atoms with Crippen LogP contribution in [0.15, 0.2) is 89.3 Å². The maximum Gasteiger partial charge on any atom is 0.301 e. The Bertz CT molecular complexity index is 1580. The summed E-state index contributed by atoms with van der Waals surface area (Å²) in [7, 11) is -3.42. The number of hydrogen-bond donors (Lipinski definition) is 1. The summed E-state index contributed by atoms with van der Waals surface area (Å²) in [5, 5.41) is 11.3. The lowest BCUT2D eigenvalue weighted by Gasteiger charge is -2.22. The van der Waals surface area contributed by atoms with Crippen molar-refractivity contribution < 1.29 is 23.1 Å². The van der Waals surface area contributed by atoms with E-state index in [1.165, 1.54) is 17.0 Å². The van der Waals surface area contributed by atoms with Gasteiger partial charge in [0.2, 0.25) is 0 Å². The minimum Gasteiger partial charge on any atom is -0.507 e. The van der Waals surface area contributed by atoms with Gasteiger partial charge in [0.05, 0.1) is 26.7 Å². The van der Waals surface area contributed by atoms with Crippen molar-refractivity contribution in [2.75, 3.05) is 11.2 Å². The number of carbonyl (C=O) groups excluding carboxylic acids is 2. The average molecular weight is 491 g/mol. The number of aliphatic hydroxyl groups excluding tert-OH is 1. The topological polar surface area (TPSA) is 105 Å². The van der Waals surface area contributed by atoms with E-state index in [9.17, 15) is 23.1 Å². The smallest absolute Gasteiger partial charge is 0.301 e. The fourth-order valence-electron chi connectivity index (χ4n) is 3.96. The number of sulfone groups is 1. The molecule has 4 aromatic rings. The third kappa shape index (κ3) is 3.68. The maximum atomic E-state index is 13.2. The molecule has 2 heterocycles. The third-order valence-electron chi connectivity index (χ3n) is 5.59. The number of rotatable bonds is 4. The van der Waals surface area contributed by atoms with Gasteiger partial charge in [0.15, 0.2) is 15.0 Å². The highest BCUT2D eigenvalue weighted by atomic mass is 32.2. The van der Waals surface area contributed by atoms with E-state index in [0.717, 1.165) is 17.6 Å². The van der Waals surface area contributed by atoms with Crippen molar-refractivity contribution in [2.45, 2.75) is 10.9 Å². The monoisotopic (exact) mass is 490 g/mol. The molecule has 1 amide bonds. The molecule has 0 radical (unpaired) electrons. The summed E-state index contributed by atoms with van der Waals surface area (Å²) in [4.78, 5) is 32.3. The Morgan fingerprint density at radius 2 is 1.62 bits per heavy atom. The molecule has 1 atom stereocenters. The number of thiazole rings is 1. The van der Waals surface area contributed by atoms with E-state index in [1.807, 2.05) is 6.07 Å². The molecule has 1 aromatic heterocycles. The Balaban J connectivity index is 1.71. The van der Waals surface area contributed by atoms with E-state index < -0.39 is 27.6 Å². The Morgan fingerprint density at radius 1 is 0.971 bits per heavy atom. The Hall–Kier alpha value is -3.82. The van der Waals surface area contributed by atoms with Gasteiger partial charge in [-0.3, -0.25) is 14.5 Å². The number of nitrogens with zero attached hydrogens (tertiary/aromatic N) is 2. The number of fused-ring (bicyclic) bond motifs is 1. The normalized spacial score (nSPS) is 18.0. The van der Waals surface area contributed by atoms with Crippen LogP contribution in [0, 0.1) is 0 Å². The van der Waals surface area contributed by atoms with Crippen molar-refractivity contribution in [1.29, 1.82) is 0 Å². The molecule has 170 valence electrons. The minimum absolute atomic E-state index is 0.0292. The fraction of sp³-hybridized carbons (Fsp3) is 0.0800. The van der Waals surface area contributed by atoms with Crippen molar-refractivity contribution in [3.05, 3.63) is 95.6 Å². The lowest BCUT2D eigenvalue weighted by atomic mass is 9.95. The molecule has 34 heavy (non-hydrogen) atoms. The first-order chi connectivity index (χ1) is 16.3. The zero-order valence-electron chi connectivity index (χ0n) is 17.9. The zero-order valence-corrected chi connectivity index (χ0v) is 19.5. The van der Waals surface area contributed by atoms with E-state index in [4.69, 9.17) is 0 Å². The van der Waals surface area contributed by atoms with Gasteiger partial charge in [0.1, 0.15) is 5.76 Å². The van der Waals surface area contributed by atoms with Gasteiger partial charge in [-0.25, -0.2) is 13.4 Å². The molecule has 1 N–H and O–H groups in total. The highest BCUT2D eigenvalue weighted by molar-refractivity contribution is 7.90. The standard InChI is InChI=1S/C25H18N2O5S2/c1-34(31,32)17-12-13-18-19(14-17)33-25(26-18)27-21(15-8-4-2-5-9-15)20(23(29)24(27)30)22(28)16-10-6-3-7-11-16/h2-14,21,28H,1H3. The second-order valence-electron chi connectivity index (χ2n) is 7.84. The molecule has 0 spiro atoms. The molecule has 9 heteroatoms. The molecule has 3 aromatic carbocycles. The molecule has 1 saturated heterocycles. The lowest BCUT2D eigenvalue weighted by Crippen LogP contribution is -2.29. The first-order valence-corrected chi connectivity index (χ1v) is 13.0. The maximum absolute atomic E-state index is 13.2. The number of hydrogen-bond acceptors (Lipinski definition) is 7. The lowest BCUT2D eigenvalue weighted by molar-refractivity contribution is -0.132. The molecule has 1 unspecified atom stereocenters. The minimum atomic E-state index is -3.42. The molecular weight excluding hydrogens is 472 g/mol. The van der Waals surface area contributed by atoms with Crippen LogP contribution in [-0.2, 0) is 19.4 Å². The quantitative estimate of drug-likeness (QED) is 0.259. The SMILES string of the molecule is CS(=O)(=O)c1ccc2nc(N3C(=O)C(=O)C(=C(O)c4ccccc4)C3c3ccccc3)sc2c1. The summed E-state index contributed by atoms with van der Waals surface area (Å²) >= 11 is 1.11. The second kappa shape index (κ2) is 8.19. The molecule has 1 aliphatic rings. The number of carbonyl (C=O) groups is 2. The van der Waals surface area contributed by atoms with Crippen molar-refractivity contribution in [1.82, 2.24) is 4.98 Å². The largest absolute Gasteiger partial charge is 0.507 e. The number of aromatic nitrogens is 1. The van der Waals surface area contributed by atoms with Crippen LogP contribution in [0.2, 0.25) is 0 Å². The van der Waals surface area contributed by atoms with Gasteiger partial charge in [0.25, 0.3) is 5.78 Å². The number of Topliss-reactive ketones (excluding diaryl/α,β-unsaturated/α-hetero) is 1. The van der Waals surface area contributed by atoms with Gasteiger partial charge < -0.3 is 5.11 Å². The van der Waals surface area contributed by atoms with E-state index in [1.54, 1.807) is 60.7 Å². The number of anilines is 1. The van der Waals surface area contributed by atoms with Gasteiger partial charge in [-0.1, -0.05) is 72.0 Å². The van der Waals surface area contributed by atoms with E-state index >= 15 is 0 Å². The Kier molecular flexibility index (Phi) is 5.30. The van der Waals surface area contributed by atoms with Crippen LogP contribution in [0.3, 0.4) is 0 Å². The van der Waals surface area contributed by atoms with Crippen molar-refractivity contribution in [3.8, 4) is 0 Å². The van der Waals surface area contributed by atoms with Crippen LogP contribution < -0.4 is 4.90 Å². The van der Waals surface area contributed by atoms with Gasteiger partial charge in [-0.15, -0.1) is 0 Å². The average Bonchev–Trinajstić information content (AvgIpc) is 3.37. The highest BCUT2D eigenvalue weighted by Crippen LogP contribution is 2.44. The number of amides is 1. The third-order valence-corrected chi connectivity index (χ3v) is 7.72. The predicted octanol–water partition coefficient (Wildman–Crippen LogP) is 4.33. The first kappa shape index (κ1) is 22.0. The van der Waals surface area contributed by atoms with Crippen molar-refractivity contribution >= 4 is 54.0 Å². The number of aliphatic hydroxyl groups is 1. The fourth-order valence-corrected chi connectivity index (χ4v) is 5.71. The van der Waals surface area contributed by atoms with Gasteiger partial charge >= 0.3 is 5.91 Å². The number of ketones is 1. The van der Waals surface area contributed by atoms with Crippen LogP contribution in [0.25, 0.3) is 16.0 Å². The van der Waals surface area contributed by atoms with E-state index in [2.05, 4.69) is 4.98 Å². The van der Waals surface area contributed by atoms with Gasteiger partial charge in [-0.2, -0.15) is 0 Å². The summed E-state index contributed by atoms with van der Waals surface area (Å²) in [6.07, 6.45) is 1.12. The molecule has 7 nitrogen and oxygen atoms in total. The predicted molar refractivity (Wildman–Crippen MR) is 130 cm³/mol. The Labute approximate surface area is 199 Å². The molecule has 0 aliphatic carbocycles. The molecule has 0 bridgehead atoms. The summed E-state index contributed by atoms with van der Waals surface area (Å²) in [6.45, 7) is 0. The van der Waals surface area contributed by atoms with Crippen LogP contribution in [0.1, 0.15) is 17.2 Å². The second-order valence-corrected chi connectivity index (χ2v) is 10.9. The summed E-state index contributed by atoms with van der Waals surface area (Å²) in [5.41, 5.74) is 1.53. The van der Waals surface area contributed by atoms with Crippen LogP contribution in [0.4, 0.5) is 5.13 Å². The van der Waals surface area contributed by atoms with Crippen molar-refractivity contribution in [2.24, 2.45) is 0 Å². The van der Waals surface area contributed by atoms with Crippen molar-refractivity contribution in [3.63, 3.8) is 0 Å². The molecule has 0 saturated carbocycles. The molecule has 1 fully saturated rings. The van der Waals surface area contributed by atoms with Gasteiger partial charge in [-0.05, 0) is 23.8 Å². The first-order valence-electron chi connectivity index (χ1n) is 10.3. The van der Waals surface area contributed by atoms with Gasteiger partial charge in [0, 0.05) is 11.8 Å². The zero-order chi connectivity index (χ0) is 24.0. The summed E-state index contributed by atoms with van der Waals surface area (Å²) in [6, 6.07) is 21.2. The van der Waals surface area contributed by atoms with Crippen LogP contribution in [0.5, 0.6) is 0 Å². The number of benzene rings is 3. The Morgan fingerprint density at radius 3 is 2.26 bits per heavy atom. The highest BCUT2D eigenvalue weighted by Gasteiger charge is 2.48.